The average molecular weight is 564 g/mol. The molecule has 0 aliphatic heterocycles. The summed E-state index contributed by atoms with van der Waals surface area (Å²) >= 11 is 26.0. The molecule has 0 aliphatic rings. The molecule has 6 heteroatoms. The molecule has 0 amide bonds. The summed E-state index contributed by atoms with van der Waals surface area (Å²) in [5.74, 6) is -0.162. The third kappa shape index (κ3) is 5.89. The molecule has 0 unspecified atom stereocenters. The second-order valence-corrected chi connectivity index (χ2v) is 10.2. The second kappa shape index (κ2) is 11.5. The Kier molecular flexibility index (Phi) is 7.93. The monoisotopic (exact) mass is 562 g/mol. The van der Waals surface area contributed by atoms with Gasteiger partial charge in [-0.05, 0) is 71.8 Å². The van der Waals surface area contributed by atoms with Crippen molar-refractivity contribution in [2.24, 2.45) is 0 Å². The molecule has 2 N–H and O–H groups in total. The molecular weight excluding hydrogens is 542 g/mol. The number of halogens is 4. The molecule has 5 rings (SSSR count). The van der Waals surface area contributed by atoms with Crippen LogP contribution in [-0.2, 0) is 0 Å². The van der Waals surface area contributed by atoms with E-state index in [1.54, 1.807) is 0 Å². The van der Waals surface area contributed by atoms with Crippen molar-refractivity contribution in [1.82, 2.24) is 0 Å². The van der Waals surface area contributed by atoms with E-state index >= 15 is 0 Å². The van der Waals surface area contributed by atoms with Crippen LogP contribution in [0.4, 0.5) is 22.7 Å². The zero-order valence-electron chi connectivity index (χ0n) is 19.6. The lowest BCUT2D eigenvalue weighted by Gasteiger charge is -2.22. The molecule has 0 radical (unpaired) electrons. The summed E-state index contributed by atoms with van der Waals surface area (Å²) in [6.07, 6.45) is 0. The first kappa shape index (κ1) is 25.5. The van der Waals surface area contributed by atoms with E-state index in [9.17, 15) is 0 Å². The molecule has 0 bridgehead atoms. The molecule has 184 valence electrons. The van der Waals surface area contributed by atoms with E-state index in [2.05, 4.69) is 34.9 Å². The van der Waals surface area contributed by atoms with Crippen LogP contribution in [0.5, 0.6) is 0 Å². The highest BCUT2D eigenvalue weighted by atomic mass is 35.5. The van der Waals surface area contributed by atoms with Crippen molar-refractivity contribution in [2.75, 3.05) is 10.6 Å². The molecule has 0 atom stereocenters. The first-order valence-corrected chi connectivity index (χ1v) is 13.2. The van der Waals surface area contributed by atoms with Crippen LogP contribution in [0.2, 0.25) is 20.1 Å². The molecule has 0 aromatic heterocycles. The summed E-state index contributed by atoms with van der Waals surface area (Å²) in [6, 6.07) is 37.4. The highest BCUT2D eigenvalue weighted by Crippen LogP contribution is 2.41. The van der Waals surface area contributed by atoms with Gasteiger partial charge in [-0.1, -0.05) is 101 Å². The van der Waals surface area contributed by atoms with Gasteiger partial charge >= 0.3 is 0 Å². The maximum Gasteiger partial charge on any atom is 0.0640 e. The Hall–Kier alpha value is -3.14. The topological polar surface area (TPSA) is 24.1 Å². The van der Waals surface area contributed by atoms with Crippen molar-refractivity contribution in [1.29, 1.82) is 0 Å². The van der Waals surface area contributed by atoms with E-state index in [-0.39, 0.29) is 5.92 Å². The SMILES string of the molecule is Clc1ccccc1Nc1ccc(C(c2ccc(Nc3ccccc3Cl)cc2)c2c(Cl)cccc2Cl)cc1. The summed E-state index contributed by atoms with van der Waals surface area (Å²) in [5, 5.41) is 9.31. The Morgan fingerprint density at radius 1 is 0.405 bits per heavy atom. The molecule has 37 heavy (non-hydrogen) atoms. The standard InChI is InChI=1S/C31H22Cl4N2/c32-24-6-1-3-10-28(24)36-22-16-12-20(13-17-22)30(31-26(34)8-5-9-27(31)35)21-14-18-23(19-15-21)37-29-11-4-2-7-25(29)33/h1-19,30,36-37H. The van der Waals surface area contributed by atoms with Gasteiger partial charge in [0.05, 0.1) is 21.4 Å². The molecule has 2 nitrogen and oxygen atoms in total. The fourth-order valence-electron chi connectivity index (χ4n) is 4.27. The fraction of sp³-hybridized carbons (Fsp3) is 0.0323. The summed E-state index contributed by atoms with van der Waals surface area (Å²) in [4.78, 5) is 0. The summed E-state index contributed by atoms with van der Waals surface area (Å²) in [7, 11) is 0. The predicted molar refractivity (Wildman–Crippen MR) is 160 cm³/mol. The zero-order valence-corrected chi connectivity index (χ0v) is 22.6. The van der Waals surface area contributed by atoms with Gasteiger partial charge < -0.3 is 10.6 Å². The van der Waals surface area contributed by atoms with Crippen LogP contribution in [0.25, 0.3) is 0 Å². The molecule has 0 heterocycles. The molecule has 5 aromatic rings. The maximum absolute atomic E-state index is 6.70. The van der Waals surface area contributed by atoms with Crippen molar-refractivity contribution in [3.63, 3.8) is 0 Å². The van der Waals surface area contributed by atoms with Crippen molar-refractivity contribution in [2.45, 2.75) is 5.92 Å². The molecular formula is C31H22Cl4N2. The van der Waals surface area contributed by atoms with Crippen molar-refractivity contribution >= 4 is 69.2 Å². The third-order valence-corrected chi connectivity index (χ3v) is 7.40. The zero-order chi connectivity index (χ0) is 25.8. The first-order chi connectivity index (χ1) is 18.0. The Morgan fingerprint density at radius 2 is 0.784 bits per heavy atom. The molecule has 0 aliphatic carbocycles. The van der Waals surface area contributed by atoms with Gasteiger partial charge in [-0.3, -0.25) is 0 Å². The van der Waals surface area contributed by atoms with E-state index in [1.165, 1.54) is 0 Å². The van der Waals surface area contributed by atoms with Crippen LogP contribution in [0.1, 0.15) is 22.6 Å². The lowest BCUT2D eigenvalue weighted by atomic mass is 9.85. The van der Waals surface area contributed by atoms with Gasteiger partial charge in [0.15, 0.2) is 0 Å². The van der Waals surface area contributed by atoms with Gasteiger partial charge in [0, 0.05) is 32.9 Å². The van der Waals surface area contributed by atoms with E-state index in [4.69, 9.17) is 46.4 Å². The molecule has 0 saturated heterocycles. The first-order valence-electron chi connectivity index (χ1n) is 11.7. The summed E-state index contributed by atoms with van der Waals surface area (Å²) in [6.45, 7) is 0. The Morgan fingerprint density at radius 3 is 1.19 bits per heavy atom. The van der Waals surface area contributed by atoms with E-state index in [0.29, 0.717) is 20.1 Å². The largest absolute Gasteiger partial charge is 0.354 e. The van der Waals surface area contributed by atoms with Crippen molar-refractivity contribution < 1.29 is 0 Å². The number of benzene rings is 5. The second-order valence-electron chi connectivity index (χ2n) is 8.52. The molecule has 5 aromatic carbocycles. The van der Waals surface area contributed by atoms with E-state index in [0.717, 1.165) is 39.4 Å². The van der Waals surface area contributed by atoms with Gasteiger partial charge in [-0.2, -0.15) is 0 Å². The van der Waals surface area contributed by atoms with Crippen LogP contribution in [-0.4, -0.2) is 0 Å². The van der Waals surface area contributed by atoms with Crippen LogP contribution in [0, 0.1) is 0 Å². The average Bonchev–Trinajstić information content (AvgIpc) is 2.90. The van der Waals surface area contributed by atoms with Gasteiger partial charge in [0.2, 0.25) is 0 Å². The number of hydrogen-bond acceptors (Lipinski definition) is 2. The number of nitrogens with one attached hydrogen (secondary N) is 2. The number of anilines is 4. The van der Waals surface area contributed by atoms with Crippen LogP contribution >= 0.6 is 46.4 Å². The normalized spacial score (nSPS) is 10.9. The Bertz CT molecular complexity index is 1400. The van der Waals surface area contributed by atoms with Gasteiger partial charge in [-0.15, -0.1) is 0 Å². The number of hydrogen-bond donors (Lipinski definition) is 2. The fourth-order valence-corrected chi connectivity index (χ4v) is 5.25. The van der Waals surface area contributed by atoms with Gasteiger partial charge in [-0.25, -0.2) is 0 Å². The van der Waals surface area contributed by atoms with E-state index < -0.39 is 0 Å². The van der Waals surface area contributed by atoms with E-state index in [1.807, 2.05) is 91.0 Å². The predicted octanol–water partition coefficient (Wildman–Crippen LogP) is 11.0. The Labute approximate surface area is 236 Å². The third-order valence-electron chi connectivity index (χ3n) is 6.08. The van der Waals surface area contributed by atoms with Crippen molar-refractivity contribution in [3.05, 3.63) is 152 Å². The quantitative estimate of drug-likeness (QED) is 0.192. The van der Waals surface area contributed by atoms with Crippen molar-refractivity contribution in [3.8, 4) is 0 Å². The number of para-hydroxylation sites is 2. The maximum atomic E-state index is 6.70. The molecule has 0 fully saturated rings. The summed E-state index contributed by atoms with van der Waals surface area (Å²) < 4.78 is 0. The van der Waals surface area contributed by atoms with Gasteiger partial charge in [0.25, 0.3) is 0 Å². The lowest BCUT2D eigenvalue weighted by Crippen LogP contribution is -2.06. The minimum atomic E-state index is -0.162. The highest BCUT2D eigenvalue weighted by molar-refractivity contribution is 6.36. The smallest absolute Gasteiger partial charge is 0.0640 e. The minimum absolute atomic E-state index is 0.162. The van der Waals surface area contributed by atoms with Crippen LogP contribution in [0.15, 0.2) is 115 Å². The molecule has 0 saturated carbocycles. The molecule has 0 spiro atoms. The van der Waals surface area contributed by atoms with Crippen LogP contribution in [0.3, 0.4) is 0 Å². The van der Waals surface area contributed by atoms with Gasteiger partial charge in [0.1, 0.15) is 0 Å². The number of rotatable bonds is 7. The highest BCUT2D eigenvalue weighted by Gasteiger charge is 2.22. The summed E-state index contributed by atoms with van der Waals surface area (Å²) in [5.41, 5.74) is 6.55. The minimum Gasteiger partial charge on any atom is -0.354 e. The lowest BCUT2D eigenvalue weighted by molar-refractivity contribution is 0.978. The van der Waals surface area contributed by atoms with Crippen LogP contribution < -0.4 is 10.6 Å². The Balaban J connectivity index is 1.49.